The normalized spacial score (nSPS) is 25.1. The first-order valence-corrected chi connectivity index (χ1v) is 12.7. The van der Waals surface area contributed by atoms with Crippen LogP contribution in [0.1, 0.15) is 36.4 Å². The Labute approximate surface area is 185 Å². The van der Waals surface area contributed by atoms with Gasteiger partial charge in [0, 0.05) is 21.0 Å². The first-order valence-electron chi connectivity index (χ1n) is 11.4. The molecule has 4 heteroatoms. The van der Waals surface area contributed by atoms with E-state index in [-0.39, 0.29) is 18.2 Å². The Hall–Kier alpha value is -2.48. The van der Waals surface area contributed by atoms with Crippen molar-refractivity contribution in [3.63, 3.8) is 0 Å². The molecule has 2 heterocycles. The SMILES string of the molecule is c1ccc(P(c2ccccc2)N2CCCC[C@@H]2C2=N[C@@H]3c4ccccc4C[C@@H]3O2)cc1. The van der Waals surface area contributed by atoms with Crippen molar-refractivity contribution in [1.82, 2.24) is 4.67 Å². The van der Waals surface area contributed by atoms with Gasteiger partial charge in [0.15, 0.2) is 0 Å². The highest BCUT2D eigenvalue weighted by Gasteiger charge is 2.44. The molecule has 0 bridgehead atoms. The van der Waals surface area contributed by atoms with Crippen LogP contribution in [0.4, 0.5) is 0 Å². The number of hydrogen-bond acceptors (Lipinski definition) is 3. The summed E-state index contributed by atoms with van der Waals surface area (Å²) in [6, 6.07) is 31.2. The van der Waals surface area contributed by atoms with E-state index >= 15 is 0 Å². The van der Waals surface area contributed by atoms with Crippen LogP contribution in [0.2, 0.25) is 0 Å². The Morgan fingerprint density at radius 3 is 2.23 bits per heavy atom. The molecule has 2 aliphatic heterocycles. The zero-order valence-corrected chi connectivity index (χ0v) is 18.5. The lowest BCUT2D eigenvalue weighted by atomic mass is 10.0. The molecule has 3 atom stereocenters. The van der Waals surface area contributed by atoms with Crippen molar-refractivity contribution < 1.29 is 4.74 Å². The quantitative estimate of drug-likeness (QED) is 0.550. The monoisotopic (exact) mass is 426 g/mol. The van der Waals surface area contributed by atoms with Crippen molar-refractivity contribution in [1.29, 1.82) is 0 Å². The molecule has 6 rings (SSSR count). The fraction of sp³-hybridized carbons (Fsp3) is 0.296. The molecule has 3 aromatic rings. The number of rotatable bonds is 4. The second-order valence-electron chi connectivity index (χ2n) is 8.63. The molecule has 0 saturated carbocycles. The van der Waals surface area contributed by atoms with Crippen molar-refractivity contribution in [2.24, 2.45) is 4.99 Å². The van der Waals surface area contributed by atoms with Gasteiger partial charge in [-0.15, -0.1) is 0 Å². The lowest BCUT2D eigenvalue weighted by Gasteiger charge is -2.41. The van der Waals surface area contributed by atoms with Crippen LogP contribution in [0, 0.1) is 0 Å². The third-order valence-corrected chi connectivity index (χ3v) is 9.27. The van der Waals surface area contributed by atoms with Gasteiger partial charge in [-0.3, -0.25) is 4.67 Å². The molecule has 3 aromatic carbocycles. The molecule has 1 fully saturated rings. The minimum Gasteiger partial charge on any atom is -0.474 e. The number of aliphatic imine (C=N–C) groups is 1. The number of fused-ring (bicyclic) bond motifs is 3. The number of hydrogen-bond donors (Lipinski definition) is 0. The van der Waals surface area contributed by atoms with E-state index in [0.717, 1.165) is 25.3 Å². The minimum atomic E-state index is -0.619. The topological polar surface area (TPSA) is 24.8 Å². The largest absolute Gasteiger partial charge is 0.474 e. The van der Waals surface area contributed by atoms with E-state index in [9.17, 15) is 0 Å². The van der Waals surface area contributed by atoms with Gasteiger partial charge in [0.25, 0.3) is 0 Å². The van der Waals surface area contributed by atoms with Gasteiger partial charge in [-0.1, -0.05) is 91.3 Å². The lowest BCUT2D eigenvalue weighted by Crippen LogP contribution is -2.45. The van der Waals surface area contributed by atoms with Gasteiger partial charge in [0.05, 0.1) is 6.04 Å². The molecule has 0 radical (unpaired) electrons. The van der Waals surface area contributed by atoms with Crippen LogP contribution in [0.5, 0.6) is 0 Å². The van der Waals surface area contributed by atoms with Crippen LogP contribution >= 0.6 is 8.07 Å². The van der Waals surface area contributed by atoms with Gasteiger partial charge in [-0.2, -0.15) is 0 Å². The summed E-state index contributed by atoms with van der Waals surface area (Å²) in [7, 11) is -0.619. The number of piperidine rings is 1. The molecule has 3 aliphatic rings. The second kappa shape index (κ2) is 8.22. The molecule has 0 spiro atoms. The average molecular weight is 427 g/mol. The predicted octanol–water partition coefficient (Wildman–Crippen LogP) is 4.98. The van der Waals surface area contributed by atoms with Crippen molar-refractivity contribution in [2.75, 3.05) is 6.54 Å². The van der Waals surface area contributed by atoms with Crippen LogP contribution in [0.3, 0.4) is 0 Å². The first kappa shape index (κ1) is 19.2. The van der Waals surface area contributed by atoms with E-state index in [1.807, 2.05) is 0 Å². The van der Waals surface area contributed by atoms with Crippen LogP contribution < -0.4 is 10.6 Å². The third kappa shape index (κ3) is 3.50. The summed E-state index contributed by atoms with van der Waals surface area (Å²) in [6.45, 7) is 1.09. The molecular weight excluding hydrogens is 399 g/mol. The fourth-order valence-electron chi connectivity index (χ4n) is 5.27. The highest BCUT2D eigenvalue weighted by molar-refractivity contribution is 7.70. The Morgan fingerprint density at radius 2 is 1.48 bits per heavy atom. The molecule has 0 amide bonds. The zero-order valence-electron chi connectivity index (χ0n) is 17.6. The summed E-state index contributed by atoms with van der Waals surface area (Å²) in [6.07, 6.45) is 4.75. The van der Waals surface area contributed by atoms with Crippen molar-refractivity contribution in [3.8, 4) is 0 Å². The standard InChI is InChI=1S/C27H27N2OP/c1-3-12-21(13-4-1)31(22-14-5-2-6-15-22)29-18-10-9-17-24(29)27-28-26-23-16-8-7-11-20(23)19-25(26)30-27/h1-8,11-16,24-26H,9-10,17-19H2/t24-,25+,26-/m1/s1. The average Bonchev–Trinajstić information content (AvgIpc) is 3.39. The summed E-state index contributed by atoms with van der Waals surface area (Å²) in [4.78, 5) is 5.20. The molecule has 1 aliphatic carbocycles. The Bertz CT molecular complexity index is 1050. The van der Waals surface area contributed by atoms with Crippen molar-refractivity contribution in [2.45, 2.75) is 43.9 Å². The van der Waals surface area contributed by atoms with E-state index in [1.165, 1.54) is 34.6 Å². The maximum atomic E-state index is 6.58. The Kier molecular flexibility index (Phi) is 5.10. The molecule has 0 N–H and O–H groups in total. The summed E-state index contributed by atoms with van der Waals surface area (Å²) < 4.78 is 9.28. The van der Waals surface area contributed by atoms with Gasteiger partial charge < -0.3 is 4.74 Å². The van der Waals surface area contributed by atoms with Crippen molar-refractivity contribution >= 4 is 24.6 Å². The van der Waals surface area contributed by atoms with Crippen LogP contribution in [0.15, 0.2) is 89.9 Å². The van der Waals surface area contributed by atoms with E-state index in [2.05, 4.69) is 89.6 Å². The molecule has 1 saturated heterocycles. The van der Waals surface area contributed by atoms with Gasteiger partial charge in [0.2, 0.25) is 5.90 Å². The fourth-order valence-corrected chi connectivity index (χ4v) is 7.91. The van der Waals surface area contributed by atoms with E-state index in [1.54, 1.807) is 0 Å². The third-order valence-electron chi connectivity index (χ3n) is 6.70. The highest BCUT2D eigenvalue weighted by atomic mass is 31.1. The lowest BCUT2D eigenvalue weighted by molar-refractivity contribution is 0.181. The number of nitrogens with zero attached hydrogens (tertiary/aromatic N) is 2. The Balaban J connectivity index is 1.37. The van der Waals surface area contributed by atoms with Crippen LogP contribution in [0.25, 0.3) is 0 Å². The van der Waals surface area contributed by atoms with E-state index in [0.29, 0.717) is 0 Å². The summed E-state index contributed by atoms with van der Waals surface area (Å²) in [5, 5.41) is 2.81. The maximum absolute atomic E-state index is 6.58. The summed E-state index contributed by atoms with van der Waals surface area (Å²) in [5.41, 5.74) is 2.76. The predicted molar refractivity (Wildman–Crippen MR) is 129 cm³/mol. The number of benzene rings is 3. The van der Waals surface area contributed by atoms with Gasteiger partial charge in [-0.25, -0.2) is 4.99 Å². The smallest absolute Gasteiger partial charge is 0.202 e. The molecule has 156 valence electrons. The second-order valence-corrected chi connectivity index (χ2v) is 10.8. The molecular formula is C27H27N2OP. The molecule has 0 aromatic heterocycles. The Morgan fingerprint density at radius 1 is 0.806 bits per heavy atom. The van der Waals surface area contributed by atoms with Gasteiger partial charge in [-0.05, 0) is 34.6 Å². The summed E-state index contributed by atoms with van der Waals surface area (Å²) in [5.74, 6) is 0.976. The molecule has 3 nitrogen and oxygen atoms in total. The highest BCUT2D eigenvalue weighted by Crippen LogP contribution is 2.46. The van der Waals surface area contributed by atoms with Gasteiger partial charge >= 0.3 is 0 Å². The van der Waals surface area contributed by atoms with Gasteiger partial charge in [0.1, 0.15) is 12.1 Å². The van der Waals surface area contributed by atoms with E-state index < -0.39 is 8.07 Å². The number of ether oxygens (including phenoxy) is 1. The molecule has 31 heavy (non-hydrogen) atoms. The zero-order chi connectivity index (χ0) is 20.6. The summed E-state index contributed by atoms with van der Waals surface area (Å²) >= 11 is 0. The molecule has 0 unspecified atom stereocenters. The van der Waals surface area contributed by atoms with Crippen molar-refractivity contribution in [3.05, 3.63) is 96.1 Å². The first-order chi connectivity index (χ1) is 15.4. The maximum Gasteiger partial charge on any atom is 0.202 e. The van der Waals surface area contributed by atoms with Crippen LogP contribution in [-0.2, 0) is 11.2 Å². The minimum absolute atomic E-state index is 0.176. The van der Waals surface area contributed by atoms with E-state index in [4.69, 9.17) is 9.73 Å². The van der Waals surface area contributed by atoms with Crippen LogP contribution in [-0.4, -0.2) is 29.3 Å².